The standard InChI is InChI=1S/C17H24BrN3O2/c1-22-11-12-23-17-4-3-16(18)13-15(17)14-21-9-7-20(8-10-21)6-2-5-19/h3-4,13H,2,6-12,14H2,1H3. The van der Waals surface area contributed by atoms with Crippen molar-refractivity contribution in [3.8, 4) is 11.8 Å². The number of hydrogen-bond acceptors (Lipinski definition) is 5. The molecular weight excluding hydrogens is 358 g/mol. The second kappa shape index (κ2) is 9.89. The van der Waals surface area contributed by atoms with E-state index in [1.165, 1.54) is 5.56 Å². The van der Waals surface area contributed by atoms with Crippen LogP contribution < -0.4 is 4.74 Å². The molecule has 23 heavy (non-hydrogen) atoms. The Labute approximate surface area is 146 Å². The van der Waals surface area contributed by atoms with E-state index in [2.05, 4.69) is 37.9 Å². The monoisotopic (exact) mass is 381 g/mol. The van der Waals surface area contributed by atoms with E-state index < -0.39 is 0 Å². The van der Waals surface area contributed by atoms with Gasteiger partial charge in [0.05, 0.1) is 12.7 Å². The summed E-state index contributed by atoms with van der Waals surface area (Å²) in [6.07, 6.45) is 0.614. The molecule has 1 aliphatic heterocycles. The summed E-state index contributed by atoms with van der Waals surface area (Å²) in [5.41, 5.74) is 1.20. The van der Waals surface area contributed by atoms with Gasteiger partial charge in [0.2, 0.25) is 0 Å². The average molecular weight is 382 g/mol. The summed E-state index contributed by atoms with van der Waals surface area (Å²) >= 11 is 3.54. The highest BCUT2D eigenvalue weighted by atomic mass is 79.9. The molecule has 0 bridgehead atoms. The molecule has 0 atom stereocenters. The first-order chi connectivity index (χ1) is 11.2. The Hall–Kier alpha value is -1.13. The Bertz CT molecular complexity index is 525. The van der Waals surface area contributed by atoms with Crippen molar-refractivity contribution in [2.45, 2.75) is 13.0 Å². The lowest BCUT2D eigenvalue weighted by Gasteiger charge is -2.34. The average Bonchev–Trinajstić information content (AvgIpc) is 2.56. The van der Waals surface area contributed by atoms with Crippen LogP contribution in [-0.2, 0) is 11.3 Å². The van der Waals surface area contributed by atoms with E-state index in [4.69, 9.17) is 14.7 Å². The molecule has 0 saturated carbocycles. The molecule has 0 N–H and O–H groups in total. The zero-order chi connectivity index (χ0) is 16.5. The Morgan fingerprint density at radius 3 is 2.61 bits per heavy atom. The Kier molecular flexibility index (Phi) is 7.83. The third kappa shape index (κ3) is 6.11. The van der Waals surface area contributed by atoms with Gasteiger partial charge in [0.25, 0.3) is 0 Å². The molecule has 0 radical (unpaired) electrons. The van der Waals surface area contributed by atoms with Crippen molar-refractivity contribution in [2.75, 3.05) is 53.0 Å². The van der Waals surface area contributed by atoms with E-state index in [1.807, 2.05) is 12.1 Å². The highest BCUT2D eigenvalue weighted by Gasteiger charge is 2.18. The largest absolute Gasteiger partial charge is 0.491 e. The van der Waals surface area contributed by atoms with E-state index in [1.54, 1.807) is 7.11 Å². The summed E-state index contributed by atoms with van der Waals surface area (Å²) in [7, 11) is 1.68. The molecule has 0 aliphatic carbocycles. The molecule has 1 saturated heterocycles. The number of methoxy groups -OCH3 is 1. The molecule has 5 nitrogen and oxygen atoms in total. The molecule has 6 heteroatoms. The highest BCUT2D eigenvalue weighted by molar-refractivity contribution is 9.10. The molecule has 1 aromatic rings. The number of halogens is 1. The minimum absolute atomic E-state index is 0.563. The Morgan fingerprint density at radius 1 is 1.17 bits per heavy atom. The van der Waals surface area contributed by atoms with Crippen molar-refractivity contribution >= 4 is 15.9 Å². The van der Waals surface area contributed by atoms with Crippen molar-refractivity contribution < 1.29 is 9.47 Å². The lowest BCUT2D eigenvalue weighted by molar-refractivity contribution is 0.125. The summed E-state index contributed by atoms with van der Waals surface area (Å²) in [5.74, 6) is 0.928. The predicted molar refractivity (Wildman–Crippen MR) is 93.5 cm³/mol. The van der Waals surface area contributed by atoms with Crippen molar-refractivity contribution in [2.24, 2.45) is 0 Å². The summed E-state index contributed by atoms with van der Waals surface area (Å²) in [5, 5.41) is 8.67. The van der Waals surface area contributed by atoms with Gasteiger partial charge in [-0.1, -0.05) is 15.9 Å². The Morgan fingerprint density at radius 2 is 1.91 bits per heavy atom. The van der Waals surface area contributed by atoms with Gasteiger partial charge in [-0.25, -0.2) is 0 Å². The van der Waals surface area contributed by atoms with Crippen LogP contribution in [0, 0.1) is 11.3 Å². The Balaban J connectivity index is 1.89. The normalized spacial score (nSPS) is 16.2. The van der Waals surface area contributed by atoms with Crippen LogP contribution in [0.1, 0.15) is 12.0 Å². The molecule has 2 rings (SSSR count). The van der Waals surface area contributed by atoms with Crippen LogP contribution in [0.2, 0.25) is 0 Å². The van der Waals surface area contributed by atoms with Crippen molar-refractivity contribution in [1.29, 1.82) is 5.26 Å². The van der Waals surface area contributed by atoms with Gasteiger partial charge in [0.15, 0.2) is 0 Å². The molecule has 1 aromatic carbocycles. The molecule has 1 fully saturated rings. The minimum atomic E-state index is 0.563. The lowest BCUT2D eigenvalue weighted by atomic mass is 10.1. The maximum absolute atomic E-state index is 8.67. The number of nitrogens with zero attached hydrogens (tertiary/aromatic N) is 3. The fraction of sp³-hybridized carbons (Fsp3) is 0.588. The van der Waals surface area contributed by atoms with Gasteiger partial charge in [0, 0.05) is 62.8 Å². The molecule has 126 valence electrons. The zero-order valence-corrected chi connectivity index (χ0v) is 15.2. The van der Waals surface area contributed by atoms with Gasteiger partial charge in [-0.05, 0) is 18.2 Å². The van der Waals surface area contributed by atoms with E-state index in [-0.39, 0.29) is 0 Å². The first-order valence-electron chi connectivity index (χ1n) is 7.94. The van der Waals surface area contributed by atoms with E-state index >= 15 is 0 Å². The summed E-state index contributed by atoms with van der Waals surface area (Å²) in [6.45, 7) is 7.01. The third-order valence-electron chi connectivity index (χ3n) is 3.97. The van der Waals surface area contributed by atoms with E-state index in [9.17, 15) is 0 Å². The van der Waals surface area contributed by atoms with Gasteiger partial charge in [-0.3, -0.25) is 9.80 Å². The van der Waals surface area contributed by atoms with Gasteiger partial charge in [-0.15, -0.1) is 0 Å². The van der Waals surface area contributed by atoms with Gasteiger partial charge in [0.1, 0.15) is 12.4 Å². The highest BCUT2D eigenvalue weighted by Crippen LogP contribution is 2.25. The van der Waals surface area contributed by atoms with Crippen molar-refractivity contribution in [3.05, 3.63) is 28.2 Å². The van der Waals surface area contributed by atoms with Crippen LogP contribution in [0.4, 0.5) is 0 Å². The quantitative estimate of drug-likeness (QED) is 0.647. The van der Waals surface area contributed by atoms with Crippen LogP contribution in [0.25, 0.3) is 0 Å². The summed E-state index contributed by atoms with van der Waals surface area (Å²) in [6, 6.07) is 8.36. The maximum Gasteiger partial charge on any atom is 0.123 e. The fourth-order valence-electron chi connectivity index (χ4n) is 2.67. The first kappa shape index (κ1) is 18.2. The van der Waals surface area contributed by atoms with Crippen LogP contribution in [-0.4, -0.2) is 62.8 Å². The first-order valence-corrected chi connectivity index (χ1v) is 8.74. The van der Waals surface area contributed by atoms with Crippen LogP contribution in [0.15, 0.2) is 22.7 Å². The summed E-state index contributed by atoms with van der Waals surface area (Å²) in [4.78, 5) is 4.80. The molecule has 0 aromatic heterocycles. The summed E-state index contributed by atoms with van der Waals surface area (Å²) < 4.78 is 11.9. The lowest BCUT2D eigenvalue weighted by Crippen LogP contribution is -2.46. The predicted octanol–water partition coefficient (Wildman–Crippen LogP) is 2.51. The third-order valence-corrected chi connectivity index (χ3v) is 4.46. The van der Waals surface area contributed by atoms with E-state index in [0.717, 1.165) is 49.5 Å². The number of nitriles is 1. The molecule has 0 spiro atoms. The smallest absolute Gasteiger partial charge is 0.123 e. The number of ether oxygens (including phenoxy) is 2. The zero-order valence-electron chi connectivity index (χ0n) is 13.6. The number of piperazine rings is 1. The molecule has 0 unspecified atom stereocenters. The SMILES string of the molecule is COCCOc1ccc(Br)cc1CN1CCN(CCC#N)CC1. The fourth-order valence-corrected chi connectivity index (χ4v) is 3.08. The van der Waals surface area contributed by atoms with Crippen LogP contribution in [0.5, 0.6) is 5.75 Å². The van der Waals surface area contributed by atoms with Crippen molar-refractivity contribution in [1.82, 2.24) is 9.80 Å². The minimum Gasteiger partial charge on any atom is -0.491 e. The van der Waals surface area contributed by atoms with Crippen LogP contribution in [0.3, 0.4) is 0 Å². The molecule has 0 amide bonds. The molecule has 1 aliphatic rings. The molecular formula is C17H24BrN3O2. The van der Waals surface area contributed by atoms with E-state index in [0.29, 0.717) is 19.6 Å². The van der Waals surface area contributed by atoms with Gasteiger partial charge >= 0.3 is 0 Å². The van der Waals surface area contributed by atoms with Gasteiger partial charge < -0.3 is 9.47 Å². The number of hydrogen-bond donors (Lipinski definition) is 0. The number of benzene rings is 1. The van der Waals surface area contributed by atoms with Crippen molar-refractivity contribution in [3.63, 3.8) is 0 Å². The number of rotatable bonds is 8. The topological polar surface area (TPSA) is 48.7 Å². The maximum atomic E-state index is 8.67. The molecule has 1 heterocycles. The van der Waals surface area contributed by atoms with Gasteiger partial charge in [-0.2, -0.15) is 5.26 Å². The van der Waals surface area contributed by atoms with Crippen LogP contribution >= 0.6 is 15.9 Å². The second-order valence-electron chi connectivity index (χ2n) is 5.62. The second-order valence-corrected chi connectivity index (χ2v) is 6.53.